The van der Waals surface area contributed by atoms with E-state index in [1.54, 1.807) is 6.20 Å². The van der Waals surface area contributed by atoms with Crippen molar-refractivity contribution >= 4 is 12.4 Å². The molecule has 0 amide bonds. The number of pyridine rings is 1. The van der Waals surface area contributed by atoms with Gasteiger partial charge in [-0.3, -0.25) is 4.90 Å². The van der Waals surface area contributed by atoms with Crippen LogP contribution in [0.1, 0.15) is 30.3 Å². The molecule has 0 bridgehead atoms. The molecule has 2 atom stereocenters. The number of hydrogen-bond donors (Lipinski definition) is 1. The Morgan fingerprint density at radius 3 is 2.70 bits per heavy atom. The van der Waals surface area contributed by atoms with E-state index in [0.717, 1.165) is 31.1 Å². The third kappa shape index (κ3) is 3.57. The fourth-order valence-corrected chi connectivity index (χ4v) is 3.42. The molecule has 2 unspecified atom stereocenters. The van der Waals surface area contributed by atoms with Crippen LogP contribution in [0, 0.1) is 19.8 Å². The van der Waals surface area contributed by atoms with Crippen LogP contribution < -0.4 is 5.73 Å². The fraction of sp³-hybridized carbons (Fsp3) is 0.529. The van der Waals surface area contributed by atoms with Crippen LogP contribution in [0.15, 0.2) is 24.4 Å². The van der Waals surface area contributed by atoms with E-state index in [4.69, 9.17) is 5.73 Å². The molecule has 126 valence electrons. The summed E-state index contributed by atoms with van der Waals surface area (Å²) in [5.41, 5.74) is 9.42. The molecule has 1 aliphatic rings. The van der Waals surface area contributed by atoms with Crippen LogP contribution in [0.3, 0.4) is 0 Å². The first-order valence-electron chi connectivity index (χ1n) is 8.00. The normalized spacial score (nSPS) is 21.4. The quantitative estimate of drug-likeness (QED) is 0.932. The van der Waals surface area contributed by atoms with E-state index in [0.29, 0.717) is 12.0 Å². The topological polar surface area (TPSA) is 60.0 Å². The SMILES string of the molecule is Cc1nn(-c2ccccn2)c(C)c1CN1CC(CN)CC1C.Cl. The molecular weight excluding hydrogens is 310 g/mol. The van der Waals surface area contributed by atoms with Gasteiger partial charge in [-0.25, -0.2) is 9.67 Å². The van der Waals surface area contributed by atoms with Gasteiger partial charge < -0.3 is 5.73 Å². The van der Waals surface area contributed by atoms with E-state index >= 15 is 0 Å². The highest BCUT2D eigenvalue weighted by atomic mass is 35.5. The molecule has 0 saturated carbocycles. The first-order valence-corrected chi connectivity index (χ1v) is 8.00. The largest absolute Gasteiger partial charge is 0.330 e. The summed E-state index contributed by atoms with van der Waals surface area (Å²) >= 11 is 0. The third-order valence-corrected chi connectivity index (χ3v) is 4.79. The third-order valence-electron chi connectivity index (χ3n) is 4.79. The highest BCUT2D eigenvalue weighted by Crippen LogP contribution is 2.26. The van der Waals surface area contributed by atoms with Gasteiger partial charge in [-0.05, 0) is 51.8 Å². The molecule has 0 aromatic carbocycles. The van der Waals surface area contributed by atoms with Gasteiger partial charge >= 0.3 is 0 Å². The number of likely N-dealkylation sites (tertiary alicyclic amines) is 1. The van der Waals surface area contributed by atoms with Crippen LogP contribution in [0.25, 0.3) is 5.82 Å². The van der Waals surface area contributed by atoms with Crippen molar-refractivity contribution in [1.82, 2.24) is 19.7 Å². The van der Waals surface area contributed by atoms with E-state index in [1.165, 1.54) is 17.7 Å². The number of aromatic nitrogens is 3. The predicted molar refractivity (Wildman–Crippen MR) is 95.1 cm³/mol. The van der Waals surface area contributed by atoms with E-state index in [1.807, 2.05) is 22.9 Å². The van der Waals surface area contributed by atoms with Gasteiger partial charge in [-0.1, -0.05) is 6.07 Å². The average molecular weight is 336 g/mol. The molecule has 0 spiro atoms. The van der Waals surface area contributed by atoms with Crippen LogP contribution >= 0.6 is 12.4 Å². The summed E-state index contributed by atoms with van der Waals surface area (Å²) in [6.45, 7) is 9.33. The Morgan fingerprint density at radius 1 is 1.30 bits per heavy atom. The van der Waals surface area contributed by atoms with E-state index in [9.17, 15) is 0 Å². The maximum Gasteiger partial charge on any atom is 0.153 e. The van der Waals surface area contributed by atoms with Gasteiger partial charge in [-0.2, -0.15) is 5.10 Å². The van der Waals surface area contributed by atoms with Gasteiger partial charge in [0.25, 0.3) is 0 Å². The monoisotopic (exact) mass is 335 g/mol. The Balaban J connectivity index is 0.00000192. The predicted octanol–water partition coefficient (Wildman–Crippen LogP) is 2.48. The molecular formula is C17H26ClN5. The van der Waals surface area contributed by atoms with Crippen molar-refractivity contribution in [2.24, 2.45) is 11.7 Å². The summed E-state index contributed by atoms with van der Waals surface area (Å²) < 4.78 is 1.95. The second-order valence-electron chi connectivity index (χ2n) is 6.37. The zero-order chi connectivity index (χ0) is 15.7. The molecule has 1 aliphatic heterocycles. The lowest BCUT2D eigenvalue weighted by atomic mass is 10.1. The second-order valence-corrected chi connectivity index (χ2v) is 6.37. The Bertz CT molecular complexity index is 640. The Labute approximate surface area is 144 Å². The summed E-state index contributed by atoms with van der Waals surface area (Å²) in [5, 5.41) is 4.69. The van der Waals surface area contributed by atoms with Crippen LogP contribution in [-0.2, 0) is 6.54 Å². The molecule has 2 N–H and O–H groups in total. The van der Waals surface area contributed by atoms with Gasteiger partial charge in [0.1, 0.15) is 0 Å². The average Bonchev–Trinajstić information content (AvgIpc) is 3.03. The standard InChI is InChI=1S/C17H25N5.ClH/c1-12-8-15(9-18)10-21(12)11-16-13(2)20-22(14(16)3)17-6-4-5-7-19-17;/h4-7,12,15H,8-11,18H2,1-3H3;1H. The molecule has 23 heavy (non-hydrogen) atoms. The van der Waals surface area contributed by atoms with Crippen molar-refractivity contribution in [1.29, 1.82) is 0 Å². The lowest BCUT2D eigenvalue weighted by Gasteiger charge is -2.21. The highest BCUT2D eigenvalue weighted by Gasteiger charge is 2.29. The first-order chi connectivity index (χ1) is 10.6. The van der Waals surface area contributed by atoms with Crippen LogP contribution in [0.5, 0.6) is 0 Å². The number of hydrogen-bond acceptors (Lipinski definition) is 4. The van der Waals surface area contributed by atoms with Crippen LogP contribution in [0.4, 0.5) is 0 Å². The molecule has 2 aromatic rings. The Kier molecular flexibility index (Phi) is 5.79. The lowest BCUT2D eigenvalue weighted by Crippen LogP contribution is -2.27. The van der Waals surface area contributed by atoms with Gasteiger partial charge in [0.05, 0.1) is 5.69 Å². The van der Waals surface area contributed by atoms with Crippen LogP contribution in [0.2, 0.25) is 0 Å². The molecule has 3 rings (SSSR count). The fourth-order valence-electron chi connectivity index (χ4n) is 3.42. The van der Waals surface area contributed by atoms with Crippen molar-refractivity contribution in [2.45, 2.75) is 39.8 Å². The molecule has 0 radical (unpaired) electrons. The molecule has 6 heteroatoms. The van der Waals surface area contributed by atoms with Gasteiger partial charge in [0, 0.05) is 36.6 Å². The van der Waals surface area contributed by atoms with Gasteiger partial charge in [-0.15, -0.1) is 12.4 Å². The van der Waals surface area contributed by atoms with Crippen molar-refractivity contribution < 1.29 is 0 Å². The maximum atomic E-state index is 5.84. The smallest absolute Gasteiger partial charge is 0.153 e. The number of rotatable bonds is 4. The Hall–Kier alpha value is -1.43. The van der Waals surface area contributed by atoms with Crippen molar-refractivity contribution in [2.75, 3.05) is 13.1 Å². The molecule has 3 heterocycles. The van der Waals surface area contributed by atoms with Crippen molar-refractivity contribution in [3.05, 3.63) is 41.3 Å². The summed E-state index contributed by atoms with van der Waals surface area (Å²) in [7, 11) is 0. The number of aryl methyl sites for hydroxylation is 1. The number of nitrogens with two attached hydrogens (primary N) is 1. The van der Waals surface area contributed by atoms with Crippen molar-refractivity contribution in [3.8, 4) is 5.82 Å². The number of nitrogens with zero attached hydrogens (tertiary/aromatic N) is 4. The van der Waals surface area contributed by atoms with Gasteiger partial charge in [0.15, 0.2) is 5.82 Å². The van der Waals surface area contributed by atoms with E-state index < -0.39 is 0 Å². The summed E-state index contributed by atoms with van der Waals surface area (Å²) in [5.74, 6) is 1.50. The van der Waals surface area contributed by atoms with Crippen molar-refractivity contribution in [3.63, 3.8) is 0 Å². The second kappa shape index (κ2) is 7.43. The Morgan fingerprint density at radius 2 is 2.09 bits per heavy atom. The maximum absolute atomic E-state index is 5.84. The summed E-state index contributed by atoms with van der Waals surface area (Å²) in [4.78, 5) is 6.93. The molecule has 0 aliphatic carbocycles. The molecule has 2 aromatic heterocycles. The molecule has 1 fully saturated rings. The minimum absolute atomic E-state index is 0. The van der Waals surface area contributed by atoms with Crippen LogP contribution in [-0.4, -0.2) is 38.8 Å². The van der Waals surface area contributed by atoms with E-state index in [-0.39, 0.29) is 12.4 Å². The minimum atomic E-state index is 0. The summed E-state index contributed by atoms with van der Waals surface area (Å²) in [6.07, 6.45) is 3.00. The molecule has 1 saturated heterocycles. The van der Waals surface area contributed by atoms with Gasteiger partial charge in [0.2, 0.25) is 0 Å². The zero-order valence-corrected chi connectivity index (χ0v) is 14.9. The molecule has 5 nitrogen and oxygen atoms in total. The summed E-state index contributed by atoms with van der Waals surface area (Å²) in [6, 6.07) is 6.50. The number of halogens is 1. The zero-order valence-electron chi connectivity index (χ0n) is 14.1. The first kappa shape index (κ1) is 17.9. The van der Waals surface area contributed by atoms with E-state index in [2.05, 4.69) is 35.8 Å². The lowest BCUT2D eigenvalue weighted by molar-refractivity contribution is 0.255. The highest BCUT2D eigenvalue weighted by molar-refractivity contribution is 5.85. The minimum Gasteiger partial charge on any atom is -0.330 e.